The van der Waals surface area contributed by atoms with Crippen molar-refractivity contribution in [3.63, 3.8) is 0 Å². The Labute approximate surface area is 107 Å². The number of ether oxygens (including phenoxy) is 2. The molecule has 1 unspecified atom stereocenters. The standard InChI is InChI=1S/C13H26O3Si/c1-8-12(15-11-14-5)9-10-16-17(6,7)13(2,3)4/h1,12H,9-11H2,2-7H3. The van der Waals surface area contributed by atoms with Gasteiger partial charge in [-0.15, -0.1) is 6.42 Å². The molecule has 0 saturated carbocycles. The fourth-order valence-electron chi connectivity index (χ4n) is 1.00. The molecule has 0 bridgehead atoms. The molecule has 0 aliphatic heterocycles. The number of rotatable bonds is 7. The van der Waals surface area contributed by atoms with Gasteiger partial charge in [0.25, 0.3) is 0 Å². The molecule has 0 amide bonds. The van der Waals surface area contributed by atoms with Crippen LogP contribution >= 0.6 is 0 Å². The number of hydrogen-bond donors (Lipinski definition) is 0. The molecule has 0 saturated heterocycles. The Hall–Kier alpha value is -0.343. The monoisotopic (exact) mass is 258 g/mol. The minimum Gasteiger partial charge on any atom is -0.417 e. The highest BCUT2D eigenvalue weighted by Gasteiger charge is 2.36. The zero-order chi connectivity index (χ0) is 13.5. The third kappa shape index (κ3) is 6.23. The molecule has 100 valence electrons. The van der Waals surface area contributed by atoms with Gasteiger partial charge in [0.15, 0.2) is 8.32 Å². The van der Waals surface area contributed by atoms with E-state index in [0.717, 1.165) is 0 Å². The van der Waals surface area contributed by atoms with Crippen LogP contribution in [0.25, 0.3) is 0 Å². The van der Waals surface area contributed by atoms with Crippen molar-refractivity contribution in [2.75, 3.05) is 20.5 Å². The molecule has 0 aliphatic carbocycles. The molecule has 0 aromatic carbocycles. The fraction of sp³-hybridized carbons (Fsp3) is 0.846. The first-order chi connectivity index (χ1) is 7.74. The summed E-state index contributed by atoms with van der Waals surface area (Å²) >= 11 is 0. The quantitative estimate of drug-likeness (QED) is 0.399. The first-order valence-electron chi connectivity index (χ1n) is 5.95. The van der Waals surface area contributed by atoms with E-state index in [1.54, 1.807) is 7.11 Å². The minimum atomic E-state index is -1.67. The van der Waals surface area contributed by atoms with Crippen molar-refractivity contribution in [2.24, 2.45) is 0 Å². The summed E-state index contributed by atoms with van der Waals surface area (Å²) in [7, 11) is -0.0881. The molecular weight excluding hydrogens is 232 g/mol. The van der Waals surface area contributed by atoms with E-state index in [4.69, 9.17) is 20.3 Å². The lowest BCUT2D eigenvalue weighted by atomic mass is 10.2. The van der Waals surface area contributed by atoms with E-state index < -0.39 is 8.32 Å². The first kappa shape index (κ1) is 16.7. The maximum absolute atomic E-state index is 6.03. The average molecular weight is 258 g/mol. The van der Waals surface area contributed by atoms with Gasteiger partial charge in [-0.1, -0.05) is 26.7 Å². The predicted molar refractivity (Wildman–Crippen MR) is 73.3 cm³/mol. The molecule has 0 rings (SSSR count). The smallest absolute Gasteiger partial charge is 0.191 e. The van der Waals surface area contributed by atoms with Crippen LogP contribution in [0.1, 0.15) is 27.2 Å². The third-order valence-corrected chi connectivity index (χ3v) is 7.76. The van der Waals surface area contributed by atoms with E-state index in [1.165, 1.54) is 0 Å². The molecule has 1 atom stereocenters. The predicted octanol–water partition coefficient (Wildman–Crippen LogP) is 3.02. The average Bonchev–Trinajstić information content (AvgIpc) is 2.21. The molecule has 0 heterocycles. The van der Waals surface area contributed by atoms with Crippen molar-refractivity contribution < 1.29 is 13.9 Å². The van der Waals surface area contributed by atoms with Crippen LogP contribution in [0.5, 0.6) is 0 Å². The van der Waals surface area contributed by atoms with Gasteiger partial charge in [-0.3, -0.25) is 0 Å². The topological polar surface area (TPSA) is 27.7 Å². The number of hydrogen-bond acceptors (Lipinski definition) is 3. The van der Waals surface area contributed by atoms with Gasteiger partial charge >= 0.3 is 0 Å². The van der Waals surface area contributed by atoms with E-state index in [0.29, 0.717) is 13.0 Å². The molecule has 0 fully saturated rings. The lowest BCUT2D eigenvalue weighted by Crippen LogP contribution is -2.41. The summed E-state index contributed by atoms with van der Waals surface area (Å²) in [5.41, 5.74) is 0. The van der Waals surface area contributed by atoms with Crippen molar-refractivity contribution >= 4 is 8.32 Å². The number of methoxy groups -OCH3 is 1. The van der Waals surface area contributed by atoms with E-state index in [-0.39, 0.29) is 17.9 Å². The molecule has 4 heteroatoms. The Kier molecular flexibility index (Phi) is 7.03. The van der Waals surface area contributed by atoms with Crippen LogP contribution in [-0.4, -0.2) is 34.9 Å². The van der Waals surface area contributed by atoms with Crippen molar-refractivity contribution in [1.82, 2.24) is 0 Å². The third-order valence-electron chi connectivity index (χ3n) is 3.22. The van der Waals surface area contributed by atoms with Gasteiger partial charge in [-0.2, -0.15) is 0 Å². The lowest BCUT2D eigenvalue weighted by Gasteiger charge is -2.36. The van der Waals surface area contributed by atoms with Gasteiger partial charge in [0.2, 0.25) is 0 Å². The van der Waals surface area contributed by atoms with Gasteiger partial charge in [0.1, 0.15) is 12.9 Å². The summed E-state index contributed by atoms with van der Waals surface area (Å²) < 4.78 is 16.2. The lowest BCUT2D eigenvalue weighted by molar-refractivity contribution is -0.0570. The summed E-state index contributed by atoms with van der Waals surface area (Å²) in [6.45, 7) is 12.0. The summed E-state index contributed by atoms with van der Waals surface area (Å²) in [5.74, 6) is 2.60. The van der Waals surface area contributed by atoms with Crippen molar-refractivity contribution in [2.45, 2.75) is 51.4 Å². The zero-order valence-electron chi connectivity index (χ0n) is 12.0. The van der Waals surface area contributed by atoms with Crippen molar-refractivity contribution in [3.8, 4) is 12.3 Å². The summed E-state index contributed by atoms with van der Waals surface area (Å²) in [6, 6.07) is 0. The van der Waals surface area contributed by atoms with Crippen molar-refractivity contribution in [3.05, 3.63) is 0 Å². The normalized spacial score (nSPS) is 14.4. The van der Waals surface area contributed by atoms with Crippen LogP contribution in [0.2, 0.25) is 18.1 Å². The van der Waals surface area contributed by atoms with Gasteiger partial charge in [-0.25, -0.2) is 0 Å². The Bertz CT molecular complexity index is 250. The molecular formula is C13H26O3Si. The molecule has 0 aromatic heterocycles. The van der Waals surface area contributed by atoms with Crippen LogP contribution in [0.15, 0.2) is 0 Å². The second kappa shape index (κ2) is 7.17. The van der Waals surface area contributed by atoms with Crippen LogP contribution < -0.4 is 0 Å². The Morgan fingerprint density at radius 3 is 2.29 bits per heavy atom. The van der Waals surface area contributed by atoms with Gasteiger partial charge < -0.3 is 13.9 Å². The number of terminal acetylenes is 1. The molecule has 0 aromatic rings. The highest BCUT2D eigenvalue weighted by atomic mass is 28.4. The van der Waals surface area contributed by atoms with E-state index in [1.807, 2.05) is 0 Å². The van der Waals surface area contributed by atoms with Gasteiger partial charge in [0, 0.05) is 20.1 Å². The zero-order valence-corrected chi connectivity index (χ0v) is 13.0. The minimum absolute atomic E-state index is 0.222. The maximum atomic E-state index is 6.03. The van der Waals surface area contributed by atoms with Crippen molar-refractivity contribution in [1.29, 1.82) is 0 Å². The van der Waals surface area contributed by atoms with E-state index >= 15 is 0 Å². The molecule has 3 nitrogen and oxygen atoms in total. The Balaban J connectivity index is 4.01. The van der Waals surface area contributed by atoms with Crippen LogP contribution in [0, 0.1) is 12.3 Å². The van der Waals surface area contributed by atoms with E-state index in [9.17, 15) is 0 Å². The largest absolute Gasteiger partial charge is 0.417 e. The molecule has 17 heavy (non-hydrogen) atoms. The molecule has 0 N–H and O–H groups in total. The maximum Gasteiger partial charge on any atom is 0.191 e. The summed E-state index contributed by atoms with van der Waals surface area (Å²) in [4.78, 5) is 0. The van der Waals surface area contributed by atoms with E-state index in [2.05, 4.69) is 39.8 Å². The Morgan fingerprint density at radius 2 is 1.88 bits per heavy atom. The second-order valence-electron chi connectivity index (χ2n) is 5.63. The second-order valence-corrected chi connectivity index (χ2v) is 10.4. The fourth-order valence-corrected chi connectivity index (χ4v) is 2.06. The SMILES string of the molecule is C#CC(CCO[Si](C)(C)C(C)(C)C)OCOC. The molecule has 0 spiro atoms. The summed E-state index contributed by atoms with van der Waals surface area (Å²) in [6.07, 6.45) is 5.87. The van der Waals surface area contributed by atoms with Gasteiger partial charge in [-0.05, 0) is 18.1 Å². The van der Waals surface area contributed by atoms with Crippen LogP contribution in [0.3, 0.4) is 0 Å². The van der Waals surface area contributed by atoms with Crippen LogP contribution in [-0.2, 0) is 13.9 Å². The molecule has 0 aliphatic rings. The van der Waals surface area contributed by atoms with Crippen LogP contribution in [0.4, 0.5) is 0 Å². The highest BCUT2D eigenvalue weighted by Crippen LogP contribution is 2.36. The van der Waals surface area contributed by atoms with Gasteiger partial charge in [0.05, 0.1) is 0 Å². The first-order valence-corrected chi connectivity index (χ1v) is 8.86. The molecule has 0 radical (unpaired) electrons. The summed E-state index contributed by atoms with van der Waals surface area (Å²) in [5, 5.41) is 0.228. The Morgan fingerprint density at radius 1 is 1.29 bits per heavy atom. The highest BCUT2D eigenvalue weighted by molar-refractivity contribution is 6.74.